The second kappa shape index (κ2) is 8.57. The highest BCUT2D eigenvalue weighted by Crippen LogP contribution is 2.42. The number of fused-ring (bicyclic) bond motifs is 1. The van der Waals surface area contributed by atoms with Crippen molar-refractivity contribution in [2.75, 3.05) is 0 Å². The lowest BCUT2D eigenvalue weighted by atomic mass is 10.0. The average Bonchev–Trinajstić information content (AvgIpc) is 3.33. The second-order valence-corrected chi connectivity index (χ2v) is 9.62. The van der Waals surface area contributed by atoms with E-state index in [1.807, 2.05) is 49.4 Å². The Bertz CT molecular complexity index is 1360. The zero-order valence-corrected chi connectivity index (χ0v) is 19.1. The molecule has 0 bridgehead atoms. The van der Waals surface area contributed by atoms with Gasteiger partial charge in [0.1, 0.15) is 16.9 Å². The third kappa shape index (κ3) is 3.98. The number of hydrazine groups is 1. The number of amides is 2. The molecule has 0 saturated carbocycles. The van der Waals surface area contributed by atoms with E-state index in [0.717, 1.165) is 11.1 Å². The van der Waals surface area contributed by atoms with Gasteiger partial charge in [-0.05, 0) is 48.4 Å². The minimum atomic E-state index is -0.479. The molecule has 33 heavy (non-hydrogen) atoms. The van der Waals surface area contributed by atoms with Crippen LogP contribution in [-0.4, -0.2) is 27.1 Å². The van der Waals surface area contributed by atoms with Crippen LogP contribution in [-0.2, 0) is 4.79 Å². The van der Waals surface area contributed by atoms with Gasteiger partial charge < -0.3 is 4.98 Å². The molecule has 1 aliphatic heterocycles. The Morgan fingerprint density at radius 2 is 1.82 bits per heavy atom. The molecule has 8 heteroatoms. The first kappa shape index (κ1) is 21.6. The molecule has 2 amide bonds. The first-order valence-corrected chi connectivity index (χ1v) is 11.7. The minimum Gasteiger partial charge on any atom is -0.350 e. The summed E-state index contributed by atoms with van der Waals surface area (Å²) >= 11 is 7.46. The van der Waals surface area contributed by atoms with E-state index in [1.165, 1.54) is 28.9 Å². The zero-order chi connectivity index (χ0) is 23.1. The lowest BCUT2D eigenvalue weighted by molar-refractivity contribution is -0.132. The summed E-state index contributed by atoms with van der Waals surface area (Å²) in [5.74, 6) is -1.07. The number of carbonyl (C=O) groups is 2. The van der Waals surface area contributed by atoms with Gasteiger partial charge in [0.2, 0.25) is 0 Å². The largest absolute Gasteiger partial charge is 0.350 e. The number of H-pyrrole nitrogens is 1. The lowest BCUT2D eigenvalue weighted by Crippen LogP contribution is -2.45. The van der Waals surface area contributed by atoms with Gasteiger partial charge in [-0.25, -0.2) is 9.40 Å². The maximum absolute atomic E-state index is 14.1. The van der Waals surface area contributed by atoms with E-state index in [-0.39, 0.29) is 16.9 Å². The van der Waals surface area contributed by atoms with E-state index in [4.69, 9.17) is 11.6 Å². The van der Waals surface area contributed by atoms with E-state index in [2.05, 4.69) is 10.4 Å². The first-order chi connectivity index (χ1) is 15.9. The number of aromatic amines is 1. The van der Waals surface area contributed by atoms with E-state index in [9.17, 15) is 14.0 Å². The number of halogens is 2. The van der Waals surface area contributed by atoms with Gasteiger partial charge in [0.05, 0.1) is 5.25 Å². The maximum atomic E-state index is 14.1. The normalized spacial score (nSPS) is 18.2. The molecule has 0 aliphatic carbocycles. The number of hydrogen-bond acceptors (Lipinski definition) is 3. The lowest BCUT2D eigenvalue weighted by Gasteiger charge is -2.24. The Morgan fingerprint density at radius 3 is 2.55 bits per heavy atom. The van der Waals surface area contributed by atoms with Crippen molar-refractivity contribution < 1.29 is 14.0 Å². The molecule has 1 aromatic heterocycles. The predicted molar refractivity (Wildman–Crippen MR) is 129 cm³/mol. The molecule has 0 spiro atoms. The summed E-state index contributed by atoms with van der Waals surface area (Å²) < 4.78 is 14.1. The fraction of sp³-hybridized carbons (Fsp3) is 0.120. The molecular weight excluding hydrogens is 461 g/mol. The number of carbonyl (C=O) groups excluding carboxylic acids is 2. The quantitative estimate of drug-likeness (QED) is 0.381. The van der Waals surface area contributed by atoms with Crippen LogP contribution in [0.25, 0.3) is 22.0 Å². The number of rotatable bonds is 4. The highest BCUT2D eigenvalue weighted by molar-refractivity contribution is 8.01. The topological polar surface area (TPSA) is 65.2 Å². The summed E-state index contributed by atoms with van der Waals surface area (Å²) in [5.41, 5.74) is 5.88. The van der Waals surface area contributed by atoms with Crippen molar-refractivity contribution in [1.82, 2.24) is 15.4 Å². The molecule has 5 rings (SSSR count). The van der Waals surface area contributed by atoms with Crippen LogP contribution in [0.2, 0.25) is 5.02 Å². The summed E-state index contributed by atoms with van der Waals surface area (Å²) in [6, 6.07) is 20.8. The van der Waals surface area contributed by atoms with Gasteiger partial charge in [-0.15, -0.1) is 11.8 Å². The van der Waals surface area contributed by atoms with E-state index < -0.39 is 17.1 Å². The molecule has 1 aliphatic rings. The molecule has 2 heterocycles. The number of hydrogen-bond donors (Lipinski definition) is 2. The van der Waals surface area contributed by atoms with Crippen LogP contribution in [0.5, 0.6) is 0 Å². The SMILES string of the molecule is CC1SC(c2ccc(Cl)cc2)N(NC(=O)c2[nH]c3ccc(F)cc3c2-c2ccccc2)C1=O. The zero-order valence-electron chi connectivity index (χ0n) is 17.5. The summed E-state index contributed by atoms with van der Waals surface area (Å²) in [4.78, 5) is 29.5. The molecule has 3 aromatic carbocycles. The third-order valence-corrected chi connectivity index (χ3v) is 7.18. The number of thioether (sulfide) groups is 1. The molecule has 1 fully saturated rings. The summed E-state index contributed by atoms with van der Waals surface area (Å²) in [5, 5.41) is 1.83. The van der Waals surface area contributed by atoms with Gasteiger partial charge in [0.25, 0.3) is 11.8 Å². The number of aromatic nitrogens is 1. The average molecular weight is 480 g/mol. The number of benzene rings is 3. The van der Waals surface area contributed by atoms with Gasteiger partial charge in [0, 0.05) is 21.5 Å². The van der Waals surface area contributed by atoms with Crippen molar-refractivity contribution in [2.24, 2.45) is 0 Å². The summed E-state index contributed by atoms with van der Waals surface area (Å²) in [6.45, 7) is 1.81. The van der Waals surface area contributed by atoms with Crippen molar-refractivity contribution in [3.05, 3.63) is 94.9 Å². The first-order valence-electron chi connectivity index (χ1n) is 10.3. The van der Waals surface area contributed by atoms with Gasteiger partial charge in [0.15, 0.2) is 0 Å². The molecule has 2 unspecified atom stereocenters. The van der Waals surface area contributed by atoms with Gasteiger partial charge in [-0.1, -0.05) is 54.1 Å². The predicted octanol–water partition coefficient (Wildman–Crippen LogP) is 5.93. The van der Waals surface area contributed by atoms with Crippen LogP contribution >= 0.6 is 23.4 Å². The van der Waals surface area contributed by atoms with E-state index in [1.54, 1.807) is 18.2 Å². The number of nitrogens with one attached hydrogen (secondary N) is 2. The smallest absolute Gasteiger partial charge is 0.287 e. The molecule has 4 aromatic rings. The Morgan fingerprint density at radius 1 is 1.09 bits per heavy atom. The molecule has 1 saturated heterocycles. The van der Waals surface area contributed by atoms with Crippen LogP contribution in [0.4, 0.5) is 4.39 Å². The summed E-state index contributed by atoms with van der Waals surface area (Å²) in [6.07, 6.45) is 0. The molecule has 0 radical (unpaired) electrons. The second-order valence-electron chi connectivity index (χ2n) is 7.76. The molecule has 5 nitrogen and oxygen atoms in total. The van der Waals surface area contributed by atoms with Gasteiger partial charge in [-0.3, -0.25) is 15.0 Å². The molecule has 2 atom stereocenters. The van der Waals surface area contributed by atoms with Gasteiger partial charge in [-0.2, -0.15) is 0 Å². The standard InChI is InChI=1S/C25H19ClFN3O2S/c1-14-24(32)30(25(33-14)16-7-9-17(26)10-8-16)29-23(31)22-21(15-5-3-2-4-6-15)19-13-18(27)11-12-20(19)28-22/h2-14,25,28H,1H3,(H,29,31). The van der Waals surface area contributed by atoms with Gasteiger partial charge >= 0.3 is 0 Å². The fourth-order valence-electron chi connectivity index (χ4n) is 4.00. The van der Waals surface area contributed by atoms with Crippen molar-refractivity contribution in [3.8, 4) is 11.1 Å². The van der Waals surface area contributed by atoms with Crippen LogP contribution < -0.4 is 5.43 Å². The van der Waals surface area contributed by atoms with Crippen LogP contribution in [0.15, 0.2) is 72.8 Å². The Labute approximate surface area is 198 Å². The van der Waals surface area contributed by atoms with Crippen molar-refractivity contribution in [3.63, 3.8) is 0 Å². The highest BCUT2D eigenvalue weighted by Gasteiger charge is 2.40. The van der Waals surface area contributed by atoms with Crippen LogP contribution in [0.1, 0.15) is 28.3 Å². The monoisotopic (exact) mass is 479 g/mol. The number of nitrogens with zero attached hydrogens (tertiary/aromatic N) is 1. The molecular formula is C25H19ClFN3O2S. The fourth-order valence-corrected chi connectivity index (χ4v) is 5.33. The third-order valence-electron chi connectivity index (χ3n) is 5.58. The van der Waals surface area contributed by atoms with Crippen LogP contribution in [0.3, 0.4) is 0 Å². The molecule has 166 valence electrons. The maximum Gasteiger partial charge on any atom is 0.287 e. The molecule has 2 N–H and O–H groups in total. The minimum absolute atomic E-state index is 0.197. The van der Waals surface area contributed by atoms with Crippen molar-refractivity contribution >= 4 is 46.1 Å². The highest BCUT2D eigenvalue weighted by atomic mass is 35.5. The Hall–Kier alpha value is -3.29. The Kier molecular flexibility index (Phi) is 5.60. The van der Waals surface area contributed by atoms with Crippen LogP contribution in [0, 0.1) is 5.82 Å². The Balaban J connectivity index is 1.55. The van der Waals surface area contributed by atoms with E-state index >= 15 is 0 Å². The van der Waals surface area contributed by atoms with Crippen molar-refractivity contribution in [2.45, 2.75) is 17.5 Å². The summed E-state index contributed by atoms with van der Waals surface area (Å²) in [7, 11) is 0. The van der Waals surface area contributed by atoms with Crippen molar-refractivity contribution in [1.29, 1.82) is 0 Å². The van der Waals surface area contributed by atoms with E-state index in [0.29, 0.717) is 21.5 Å².